The van der Waals surface area contributed by atoms with Crippen LogP contribution in [0.2, 0.25) is 0 Å². The van der Waals surface area contributed by atoms with E-state index >= 15 is 0 Å². The molecule has 0 saturated carbocycles. The maximum atomic E-state index is 13.0. The Labute approximate surface area is 91.5 Å². The monoisotopic (exact) mass is 254 g/mol. The number of hydrogen-bond donors (Lipinski definition) is 0. The van der Waals surface area contributed by atoms with Gasteiger partial charge in [-0.1, -0.05) is 0 Å². The number of rotatable bonds is 2. The van der Waals surface area contributed by atoms with Gasteiger partial charge in [0.05, 0.1) is 12.5 Å². The van der Waals surface area contributed by atoms with E-state index in [-0.39, 0.29) is 6.07 Å². The summed E-state index contributed by atoms with van der Waals surface area (Å²) in [7, 11) is 0. The van der Waals surface area contributed by atoms with Gasteiger partial charge in [0.2, 0.25) is 0 Å². The Kier molecular flexibility index (Phi) is 3.60. The fourth-order valence-electron chi connectivity index (χ4n) is 1.16. The van der Waals surface area contributed by atoms with E-state index in [9.17, 15) is 26.3 Å². The molecule has 0 aliphatic heterocycles. The third-order valence-corrected chi connectivity index (χ3v) is 1.83. The second kappa shape index (κ2) is 4.61. The second-order valence-electron chi connectivity index (χ2n) is 3.00. The first-order chi connectivity index (χ1) is 7.77. The maximum Gasteiger partial charge on any atom is 0.433 e. The average Bonchev–Trinajstić information content (AvgIpc) is 2.15. The largest absolute Gasteiger partial charge is 0.433 e. The zero-order chi connectivity index (χ0) is 13.2. The third kappa shape index (κ3) is 2.87. The fourth-order valence-corrected chi connectivity index (χ4v) is 1.16. The predicted molar refractivity (Wildman–Crippen MR) is 43.5 cm³/mol. The lowest BCUT2D eigenvalue weighted by molar-refractivity contribution is -0.142. The van der Waals surface area contributed by atoms with E-state index in [1.54, 1.807) is 0 Å². The van der Waals surface area contributed by atoms with Gasteiger partial charge in [0.1, 0.15) is 11.4 Å². The maximum absolute atomic E-state index is 13.0. The molecule has 2 nitrogen and oxygen atoms in total. The molecule has 0 fully saturated rings. The molecule has 0 aliphatic carbocycles. The zero-order valence-electron chi connectivity index (χ0n) is 8.02. The summed E-state index contributed by atoms with van der Waals surface area (Å²) in [5.74, 6) is -1.56. The van der Waals surface area contributed by atoms with Crippen molar-refractivity contribution in [2.75, 3.05) is 0 Å². The van der Waals surface area contributed by atoms with Crippen molar-refractivity contribution < 1.29 is 26.3 Å². The first-order valence-electron chi connectivity index (χ1n) is 4.19. The van der Waals surface area contributed by atoms with E-state index in [2.05, 4.69) is 4.98 Å². The van der Waals surface area contributed by atoms with E-state index in [4.69, 9.17) is 5.26 Å². The van der Waals surface area contributed by atoms with Gasteiger partial charge in [0.15, 0.2) is 5.82 Å². The number of pyridine rings is 1. The molecule has 0 aliphatic rings. The Morgan fingerprint density at radius 3 is 2.35 bits per heavy atom. The van der Waals surface area contributed by atoms with E-state index in [1.165, 1.54) is 6.07 Å². The van der Waals surface area contributed by atoms with E-state index in [0.717, 1.165) is 0 Å². The number of hydrogen-bond acceptors (Lipinski definition) is 2. The number of aromatic nitrogens is 1. The van der Waals surface area contributed by atoms with E-state index in [1.807, 2.05) is 0 Å². The van der Waals surface area contributed by atoms with Crippen LogP contribution in [0, 0.1) is 17.1 Å². The highest BCUT2D eigenvalue weighted by molar-refractivity contribution is 5.29. The van der Waals surface area contributed by atoms with Gasteiger partial charge in [0, 0.05) is 0 Å². The standard InChI is InChI=1S/C9H4F6N2/c10-5-3-4(1-2-16)7(9(13,14)15)17-6(5)8(11)12/h3,8H,1H2. The van der Waals surface area contributed by atoms with Gasteiger partial charge >= 0.3 is 6.18 Å². The molecule has 1 rings (SSSR count). The molecule has 0 spiro atoms. The summed E-state index contributed by atoms with van der Waals surface area (Å²) in [4.78, 5) is 2.56. The van der Waals surface area contributed by atoms with Gasteiger partial charge in [-0.15, -0.1) is 0 Å². The Morgan fingerprint density at radius 2 is 1.94 bits per heavy atom. The van der Waals surface area contributed by atoms with Gasteiger partial charge < -0.3 is 0 Å². The molecule has 0 amide bonds. The summed E-state index contributed by atoms with van der Waals surface area (Å²) in [5.41, 5.74) is -3.99. The summed E-state index contributed by atoms with van der Waals surface area (Å²) in [6, 6.07) is 1.64. The van der Waals surface area contributed by atoms with Crippen LogP contribution >= 0.6 is 0 Å². The van der Waals surface area contributed by atoms with Crippen LogP contribution in [-0.2, 0) is 12.6 Å². The number of nitrogens with zero attached hydrogens (tertiary/aromatic N) is 2. The van der Waals surface area contributed by atoms with Crippen LogP contribution in [0.3, 0.4) is 0 Å². The quantitative estimate of drug-likeness (QED) is 0.759. The highest BCUT2D eigenvalue weighted by Gasteiger charge is 2.37. The molecule has 0 saturated heterocycles. The molecule has 17 heavy (non-hydrogen) atoms. The van der Waals surface area contributed by atoms with Crippen LogP contribution in [0.4, 0.5) is 26.3 Å². The van der Waals surface area contributed by atoms with Crippen LogP contribution < -0.4 is 0 Å². The van der Waals surface area contributed by atoms with Crippen LogP contribution in [-0.4, -0.2) is 4.98 Å². The second-order valence-corrected chi connectivity index (χ2v) is 3.00. The molecule has 0 atom stereocenters. The Morgan fingerprint density at radius 1 is 1.35 bits per heavy atom. The van der Waals surface area contributed by atoms with Crippen molar-refractivity contribution in [1.29, 1.82) is 5.26 Å². The molecule has 0 aromatic carbocycles. The minimum Gasteiger partial charge on any atom is -0.239 e. The summed E-state index contributed by atoms with van der Waals surface area (Å²) in [6.07, 6.45) is -9.22. The van der Waals surface area contributed by atoms with Crippen molar-refractivity contribution >= 4 is 0 Å². The highest BCUT2D eigenvalue weighted by atomic mass is 19.4. The summed E-state index contributed by atoms with van der Waals surface area (Å²) in [6.45, 7) is 0. The van der Waals surface area contributed by atoms with Crippen LogP contribution in [0.15, 0.2) is 6.07 Å². The molecule has 8 heteroatoms. The summed E-state index contributed by atoms with van der Waals surface area (Å²) < 4.78 is 74.6. The van der Waals surface area contributed by atoms with Crippen LogP contribution in [0.25, 0.3) is 0 Å². The van der Waals surface area contributed by atoms with Crippen molar-refractivity contribution in [2.24, 2.45) is 0 Å². The Bertz CT molecular complexity index is 460. The van der Waals surface area contributed by atoms with E-state index in [0.29, 0.717) is 0 Å². The predicted octanol–water partition coefficient (Wildman–Crippen LogP) is 3.24. The molecule has 92 valence electrons. The van der Waals surface area contributed by atoms with Gasteiger partial charge in [0.25, 0.3) is 6.43 Å². The van der Waals surface area contributed by atoms with Gasteiger partial charge in [-0.3, -0.25) is 0 Å². The normalized spacial score (nSPS) is 11.6. The summed E-state index contributed by atoms with van der Waals surface area (Å²) in [5, 5.41) is 8.26. The highest BCUT2D eigenvalue weighted by Crippen LogP contribution is 2.33. The van der Waals surface area contributed by atoms with Gasteiger partial charge in [-0.25, -0.2) is 18.2 Å². The first kappa shape index (κ1) is 13.3. The SMILES string of the molecule is N#CCc1cc(F)c(C(F)F)nc1C(F)(F)F. The van der Waals surface area contributed by atoms with Crippen molar-refractivity contribution in [2.45, 2.75) is 19.0 Å². The van der Waals surface area contributed by atoms with E-state index < -0.39 is 41.8 Å². The van der Waals surface area contributed by atoms with Crippen molar-refractivity contribution in [3.05, 3.63) is 28.8 Å². The number of halogens is 6. The molecule has 0 bridgehead atoms. The Hall–Kier alpha value is -1.78. The molecule has 0 N–H and O–H groups in total. The van der Waals surface area contributed by atoms with Crippen LogP contribution in [0.5, 0.6) is 0 Å². The molecular formula is C9H4F6N2. The van der Waals surface area contributed by atoms with Crippen molar-refractivity contribution in [1.82, 2.24) is 4.98 Å². The summed E-state index contributed by atoms with van der Waals surface area (Å²) >= 11 is 0. The average molecular weight is 254 g/mol. The zero-order valence-corrected chi connectivity index (χ0v) is 8.02. The molecule has 0 unspecified atom stereocenters. The molecule has 1 aromatic rings. The van der Waals surface area contributed by atoms with Gasteiger partial charge in [-0.05, 0) is 11.6 Å². The van der Waals surface area contributed by atoms with Crippen LogP contribution in [0.1, 0.15) is 23.4 Å². The minimum atomic E-state index is -5.01. The smallest absolute Gasteiger partial charge is 0.239 e. The van der Waals surface area contributed by atoms with Crippen molar-refractivity contribution in [3.63, 3.8) is 0 Å². The Balaban J connectivity index is 3.43. The molecular weight excluding hydrogens is 250 g/mol. The van der Waals surface area contributed by atoms with Gasteiger partial charge in [-0.2, -0.15) is 18.4 Å². The minimum absolute atomic E-state index is 0.264. The third-order valence-electron chi connectivity index (χ3n) is 1.83. The first-order valence-corrected chi connectivity index (χ1v) is 4.19. The van der Waals surface area contributed by atoms with Crippen molar-refractivity contribution in [3.8, 4) is 6.07 Å². The molecule has 0 radical (unpaired) electrons. The lowest BCUT2D eigenvalue weighted by Crippen LogP contribution is -2.15. The fraction of sp³-hybridized carbons (Fsp3) is 0.333. The topological polar surface area (TPSA) is 36.7 Å². The number of nitriles is 1. The lowest BCUT2D eigenvalue weighted by Gasteiger charge is -2.12. The lowest BCUT2D eigenvalue weighted by atomic mass is 10.1. The molecule has 1 heterocycles. The number of alkyl halides is 5. The molecule has 1 aromatic heterocycles.